The van der Waals surface area contributed by atoms with E-state index in [1.165, 1.54) is 12.5 Å². The van der Waals surface area contributed by atoms with Crippen molar-refractivity contribution in [2.24, 2.45) is 0 Å². The summed E-state index contributed by atoms with van der Waals surface area (Å²) < 4.78 is 19.1. The van der Waals surface area contributed by atoms with E-state index < -0.39 is 0 Å². The van der Waals surface area contributed by atoms with Gasteiger partial charge in [-0.15, -0.1) is 0 Å². The summed E-state index contributed by atoms with van der Waals surface area (Å²) in [6.07, 6.45) is 3.30. The van der Waals surface area contributed by atoms with Crippen molar-refractivity contribution in [3.8, 4) is 0 Å². The third-order valence-corrected chi connectivity index (χ3v) is 4.00. The van der Waals surface area contributed by atoms with Gasteiger partial charge in [0.1, 0.15) is 5.82 Å². The largest absolute Gasteiger partial charge is 0.397 e. The number of rotatable bonds is 4. The number of anilines is 2. The molecule has 1 aromatic rings. The quantitative estimate of drug-likeness (QED) is 0.840. The van der Waals surface area contributed by atoms with Crippen LogP contribution in [0.15, 0.2) is 16.6 Å². The van der Waals surface area contributed by atoms with E-state index in [0.717, 1.165) is 18.5 Å². The zero-order valence-corrected chi connectivity index (χ0v) is 11.3. The van der Waals surface area contributed by atoms with Gasteiger partial charge in [0.25, 0.3) is 0 Å². The standard InChI is InChI=1S/C12H16BrFN2O/c1-17-12(3-2-4-12)7-16-11-5-8(13)9(14)6-10(11)15/h5-6,16H,2-4,7,15H2,1H3. The van der Waals surface area contributed by atoms with Crippen molar-refractivity contribution in [2.75, 3.05) is 24.7 Å². The lowest BCUT2D eigenvalue weighted by Crippen LogP contribution is -2.45. The number of nitrogens with one attached hydrogen (secondary N) is 1. The Hall–Kier alpha value is -0.810. The summed E-state index contributed by atoms with van der Waals surface area (Å²) in [7, 11) is 1.73. The SMILES string of the molecule is COC1(CNc2cc(Br)c(F)cc2N)CCC1. The van der Waals surface area contributed by atoms with Crippen molar-refractivity contribution >= 4 is 27.3 Å². The third kappa shape index (κ3) is 2.55. The lowest BCUT2D eigenvalue weighted by Gasteiger charge is -2.40. The zero-order chi connectivity index (χ0) is 12.5. The summed E-state index contributed by atoms with van der Waals surface area (Å²) in [4.78, 5) is 0. The van der Waals surface area contributed by atoms with Crippen LogP contribution in [0, 0.1) is 5.82 Å². The predicted octanol–water partition coefficient (Wildman–Crippen LogP) is 3.15. The van der Waals surface area contributed by atoms with Gasteiger partial charge in [-0.1, -0.05) is 0 Å². The molecule has 1 aliphatic rings. The van der Waals surface area contributed by atoms with Crippen molar-refractivity contribution < 1.29 is 9.13 Å². The van der Waals surface area contributed by atoms with Crippen molar-refractivity contribution in [3.05, 3.63) is 22.4 Å². The maximum absolute atomic E-state index is 13.2. The topological polar surface area (TPSA) is 47.3 Å². The molecule has 1 aromatic carbocycles. The Bertz CT molecular complexity index is 416. The molecule has 0 amide bonds. The van der Waals surface area contributed by atoms with Crippen LogP contribution >= 0.6 is 15.9 Å². The molecule has 0 heterocycles. The van der Waals surface area contributed by atoms with Crippen LogP contribution in [0.2, 0.25) is 0 Å². The van der Waals surface area contributed by atoms with Crippen LogP contribution in [-0.4, -0.2) is 19.3 Å². The first-order valence-electron chi connectivity index (χ1n) is 5.60. The van der Waals surface area contributed by atoms with Crippen LogP contribution in [-0.2, 0) is 4.74 Å². The predicted molar refractivity (Wildman–Crippen MR) is 70.6 cm³/mol. The number of hydrogen-bond donors (Lipinski definition) is 2. The van der Waals surface area contributed by atoms with Gasteiger partial charge in [-0.25, -0.2) is 4.39 Å². The van der Waals surface area contributed by atoms with Crippen LogP contribution in [0.1, 0.15) is 19.3 Å². The van der Waals surface area contributed by atoms with E-state index in [1.54, 1.807) is 13.2 Å². The molecule has 5 heteroatoms. The second-order valence-electron chi connectivity index (χ2n) is 4.45. The van der Waals surface area contributed by atoms with Gasteiger partial charge >= 0.3 is 0 Å². The Morgan fingerprint density at radius 2 is 2.24 bits per heavy atom. The molecule has 0 radical (unpaired) electrons. The van der Waals surface area contributed by atoms with Crippen molar-refractivity contribution in [1.82, 2.24) is 0 Å². The van der Waals surface area contributed by atoms with Crippen LogP contribution < -0.4 is 11.1 Å². The summed E-state index contributed by atoms with van der Waals surface area (Å²) in [6.45, 7) is 0.700. The zero-order valence-electron chi connectivity index (χ0n) is 9.72. The average molecular weight is 303 g/mol. The molecule has 1 fully saturated rings. The molecule has 0 saturated heterocycles. The number of benzene rings is 1. The first-order chi connectivity index (χ1) is 8.06. The molecule has 17 heavy (non-hydrogen) atoms. The summed E-state index contributed by atoms with van der Waals surface area (Å²) >= 11 is 3.15. The van der Waals surface area contributed by atoms with Gasteiger partial charge < -0.3 is 15.8 Å². The maximum Gasteiger partial charge on any atom is 0.139 e. The van der Waals surface area contributed by atoms with E-state index in [0.29, 0.717) is 16.7 Å². The van der Waals surface area contributed by atoms with Crippen molar-refractivity contribution in [3.63, 3.8) is 0 Å². The molecule has 0 unspecified atom stereocenters. The van der Waals surface area contributed by atoms with Crippen molar-refractivity contribution in [1.29, 1.82) is 0 Å². The smallest absolute Gasteiger partial charge is 0.139 e. The number of halogens is 2. The molecule has 0 bridgehead atoms. The number of hydrogen-bond acceptors (Lipinski definition) is 3. The highest BCUT2D eigenvalue weighted by Gasteiger charge is 2.36. The summed E-state index contributed by atoms with van der Waals surface area (Å²) in [5.41, 5.74) is 6.83. The van der Waals surface area contributed by atoms with E-state index >= 15 is 0 Å². The van der Waals surface area contributed by atoms with E-state index in [-0.39, 0.29) is 11.4 Å². The minimum Gasteiger partial charge on any atom is -0.397 e. The number of methoxy groups -OCH3 is 1. The summed E-state index contributed by atoms with van der Waals surface area (Å²) in [6, 6.07) is 2.97. The van der Waals surface area contributed by atoms with Gasteiger partial charge in [-0.2, -0.15) is 0 Å². The molecule has 3 N–H and O–H groups in total. The lowest BCUT2D eigenvalue weighted by molar-refractivity contribution is -0.0601. The maximum atomic E-state index is 13.2. The molecule has 0 aromatic heterocycles. The van der Waals surface area contributed by atoms with Crippen molar-refractivity contribution in [2.45, 2.75) is 24.9 Å². The fourth-order valence-corrected chi connectivity index (χ4v) is 2.34. The van der Waals surface area contributed by atoms with Crippen LogP contribution in [0.4, 0.5) is 15.8 Å². The third-order valence-electron chi connectivity index (χ3n) is 3.39. The molecule has 0 aliphatic heterocycles. The molecule has 0 spiro atoms. The van der Waals surface area contributed by atoms with Gasteiger partial charge in [0, 0.05) is 19.7 Å². The Kier molecular flexibility index (Phi) is 3.58. The van der Waals surface area contributed by atoms with Crippen LogP contribution in [0.3, 0.4) is 0 Å². The first-order valence-corrected chi connectivity index (χ1v) is 6.39. The monoisotopic (exact) mass is 302 g/mol. The molecule has 0 atom stereocenters. The number of nitrogens with two attached hydrogens (primary N) is 1. The minimum absolute atomic E-state index is 0.0761. The van der Waals surface area contributed by atoms with Gasteiger partial charge in [-0.05, 0) is 41.3 Å². The Morgan fingerprint density at radius 3 is 2.76 bits per heavy atom. The Balaban J connectivity index is 2.06. The molecule has 2 rings (SSSR count). The normalized spacial score (nSPS) is 17.6. The average Bonchev–Trinajstić information content (AvgIpc) is 2.24. The minimum atomic E-state index is -0.349. The second-order valence-corrected chi connectivity index (χ2v) is 5.30. The fourth-order valence-electron chi connectivity index (χ4n) is 2.00. The second kappa shape index (κ2) is 4.82. The highest BCUT2D eigenvalue weighted by atomic mass is 79.9. The highest BCUT2D eigenvalue weighted by Crippen LogP contribution is 2.36. The molecular formula is C12H16BrFN2O. The van der Waals surface area contributed by atoms with E-state index in [1.807, 2.05) is 0 Å². The van der Waals surface area contributed by atoms with Crippen LogP contribution in [0.5, 0.6) is 0 Å². The summed E-state index contributed by atoms with van der Waals surface area (Å²) in [5, 5.41) is 3.23. The molecule has 94 valence electrons. The Morgan fingerprint density at radius 1 is 1.53 bits per heavy atom. The van der Waals surface area contributed by atoms with E-state index in [9.17, 15) is 4.39 Å². The molecule has 3 nitrogen and oxygen atoms in total. The number of ether oxygens (including phenoxy) is 1. The van der Waals surface area contributed by atoms with Crippen LogP contribution in [0.25, 0.3) is 0 Å². The molecule has 1 saturated carbocycles. The Labute approximate surface area is 109 Å². The lowest BCUT2D eigenvalue weighted by atomic mass is 9.80. The fraction of sp³-hybridized carbons (Fsp3) is 0.500. The number of nitrogen functional groups attached to an aromatic ring is 1. The van der Waals surface area contributed by atoms with E-state index in [2.05, 4.69) is 21.2 Å². The van der Waals surface area contributed by atoms with Gasteiger partial charge in [-0.3, -0.25) is 0 Å². The van der Waals surface area contributed by atoms with Gasteiger partial charge in [0.15, 0.2) is 0 Å². The van der Waals surface area contributed by atoms with Gasteiger partial charge in [0.05, 0.1) is 21.4 Å². The van der Waals surface area contributed by atoms with E-state index in [4.69, 9.17) is 10.5 Å². The highest BCUT2D eigenvalue weighted by molar-refractivity contribution is 9.10. The molecular weight excluding hydrogens is 287 g/mol. The molecule has 1 aliphatic carbocycles. The van der Waals surface area contributed by atoms with Gasteiger partial charge in [0.2, 0.25) is 0 Å². The summed E-state index contributed by atoms with van der Waals surface area (Å²) in [5.74, 6) is -0.349. The first kappa shape index (κ1) is 12.6.